The van der Waals surface area contributed by atoms with Gasteiger partial charge in [-0.3, -0.25) is 9.11 Å². The standard InChI is InChI=1S/C26H20N4O8S2.2Na/c31-23-11-7-19(8-12-23)27-29-21-5-3-17(25(15-21)39(33,34)35)1-2-18-4-6-22(16-26(18)40(36,37)38)30-28-20-9-13-24(32)14-10-20;;/h1-16,31-32H,(H,33,34,35)(H,36,37,38);;/b2-1+,29-27?,30-28?;;. The summed E-state index contributed by atoms with van der Waals surface area (Å²) >= 11 is 0. The van der Waals surface area contributed by atoms with Crippen LogP contribution in [0.1, 0.15) is 11.1 Å². The molecule has 0 bridgehead atoms. The zero-order valence-corrected chi connectivity index (χ0v) is 27.9. The van der Waals surface area contributed by atoms with Gasteiger partial charge in [-0.2, -0.15) is 37.3 Å². The van der Waals surface area contributed by atoms with Gasteiger partial charge in [0.1, 0.15) is 21.3 Å². The molecule has 4 N–H and O–H groups in total. The van der Waals surface area contributed by atoms with E-state index >= 15 is 0 Å². The van der Waals surface area contributed by atoms with Gasteiger partial charge in [0.2, 0.25) is 0 Å². The van der Waals surface area contributed by atoms with Crippen LogP contribution in [0.25, 0.3) is 12.2 Å². The molecule has 42 heavy (non-hydrogen) atoms. The van der Waals surface area contributed by atoms with E-state index in [2.05, 4.69) is 20.5 Å². The van der Waals surface area contributed by atoms with Gasteiger partial charge in [-0.05, 0) is 83.9 Å². The van der Waals surface area contributed by atoms with Crippen molar-refractivity contribution in [3.05, 3.63) is 96.1 Å². The topological polar surface area (TPSA) is 199 Å². The van der Waals surface area contributed by atoms with E-state index in [1.54, 1.807) is 0 Å². The van der Waals surface area contributed by atoms with E-state index in [1.165, 1.54) is 84.9 Å². The Morgan fingerprint density at radius 1 is 0.476 bits per heavy atom. The smallest absolute Gasteiger partial charge is 0.295 e. The summed E-state index contributed by atoms with van der Waals surface area (Å²) in [7, 11) is -9.45. The SMILES string of the molecule is O=S(=O)(O)c1cc(N=Nc2ccc(O)cc2)ccc1/C=C/c1ccc(N=Nc2ccc(O)cc2)cc1S(=O)(=O)O.[Na].[Na]. The first-order chi connectivity index (χ1) is 18.9. The molecule has 0 saturated heterocycles. The molecule has 0 fully saturated rings. The average molecular weight is 627 g/mol. The number of phenols is 2. The van der Waals surface area contributed by atoms with Gasteiger partial charge >= 0.3 is 0 Å². The van der Waals surface area contributed by atoms with Crippen LogP contribution in [-0.4, -0.2) is 95.3 Å². The zero-order chi connectivity index (χ0) is 28.9. The monoisotopic (exact) mass is 626 g/mol. The minimum atomic E-state index is -4.73. The molecule has 4 aromatic rings. The third kappa shape index (κ3) is 9.91. The van der Waals surface area contributed by atoms with Crippen LogP contribution in [-0.2, 0) is 20.2 Å². The Morgan fingerprint density at radius 3 is 1.07 bits per heavy atom. The number of hydrogen-bond donors (Lipinski definition) is 4. The first-order valence-electron chi connectivity index (χ1n) is 11.2. The van der Waals surface area contributed by atoms with Crippen molar-refractivity contribution in [3.8, 4) is 11.5 Å². The second kappa shape index (κ2) is 15.1. The maximum Gasteiger partial charge on any atom is 0.295 e. The molecule has 0 spiro atoms. The second-order valence-electron chi connectivity index (χ2n) is 8.16. The largest absolute Gasteiger partial charge is 0.508 e. The maximum absolute atomic E-state index is 12.1. The molecule has 0 saturated carbocycles. The number of phenolic OH excluding ortho intramolecular Hbond substituents is 2. The fourth-order valence-electron chi connectivity index (χ4n) is 3.34. The number of azo groups is 2. The molecular formula is C26H20N4Na2O8S2. The van der Waals surface area contributed by atoms with Crippen molar-refractivity contribution in [1.82, 2.24) is 0 Å². The van der Waals surface area contributed by atoms with E-state index in [-0.39, 0.29) is 93.1 Å². The summed E-state index contributed by atoms with van der Waals surface area (Å²) in [6.45, 7) is 0. The fourth-order valence-corrected chi connectivity index (χ4v) is 4.75. The minimum absolute atomic E-state index is 0. The van der Waals surface area contributed by atoms with Crippen molar-refractivity contribution in [2.45, 2.75) is 9.79 Å². The van der Waals surface area contributed by atoms with Crippen LogP contribution in [0, 0.1) is 0 Å². The molecule has 12 nitrogen and oxygen atoms in total. The molecule has 0 atom stereocenters. The minimum Gasteiger partial charge on any atom is -0.508 e. The molecule has 0 amide bonds. The Bertz CT molecular complexity index is 1730. The van der Waals surface area contributed by atoms with E-state index in [9.17, 15) is 36.2 Å². The van der Waals surface area contributed by atoms with Gasteiger partial charge in [0.15, 0.2) is 0 Å². The number of benzene rings is 4. The zero-order valence-electron chi connectivity index (χ0n) is 22.3. The number of hydrogen-bond acceptors (Lipinski definition) is 10. The van der Waals surface area contributed by atoms with Gasteiger partial charge < -0.3 is 10.2 Å². The van der Waals surface area contributed by atoms with Crippen molar-refractivity contribution >= 4 is 114 Å². The van der Waals surface area contributed by atoms with Crippen LogP contribution in [0.2, 0.25) is 0 Å². The Morgan fingerprint density at radius 2 is 0.762 bits per heavy atom. The molecule has 0 unspecified atom stereocenters. The summed E-state index contributed by atoms with van der Waals surface area (Å²) in [5.41, 5.74) is 0.976. The number of rotatable bonds is 8. The normalized spacial score (nSPS) is 12.0. The summed E-state index contributed by atoms with van der Waals surface area (Å²) in [5.74, 6) is 0.0723. The first kappa shape index (κ1) is 35.4. The second-order valence-corrected chi connectivity index (χ2v) is 10.9. The fraction of sp³-hybridized carbons (Fsp3) is 0. The van der Waals surface area contributed by atoms with Crippen LogP contribution in [0.5, 0.6) is 11.5 Å². The van der Waals surface area contributed by atoms with Crippen molar-refractivity contribution in [2.24, 2.45) is 20.5 Å². The van der Waals surface area contributed by atoms with Crippen LogP contribution >= 0.6 is 0 Å². The van der Waals surface area contributed by atoms with E-state index in [1.807, 2.05) is 0 Å². The Balaban J connectivity index is 0.00000308. The van der Waals surface area contributed by atoms with Crippen molar-refractivity contribution in [3.63, 3.8) is 0 Å². The van der Waals surface area contributed by atoms with E-state index in [0.717, 1.165) is 12.1 Å². The van der Waals surface area contributed by atoms with Crippen LogP contribution < -0.4 is 0 Å². The molecule has 0 heterocycles. The van der Waals surface area contributed by atoms with E-state index in [0.29, 0.717) is 11.4 Å². The van der Waals surface area contributed by atoms with Gasteiger partial charge in [0, 0.05) is 59.1 Å². The molecule has 4 rings (SSSR count). The Kier molecular flexibility index (Phi) is 12.7. The molecule has 0 aliphatic heterocycles. The summed E-state index contributed by atoms with van der Waals surface area (Å²) in [4.78, 5) is -1.03. The third-order valence-electron chi connectivity index (χ3n) is 5.25. The summed E-state index contributed by atoms with van der Waals surface area (Å²) in [5, 5.41) is 34.5. The van der Waals surface area contributed by atoms with Gasteiger partial charge in [-0.1, -0.05) is 24.3 Å². The maximum atomic E-state index is 12.1. The van der Waals surface area contributed by atoms with E-state index in [4.69, 9.17) is 0 Å². The molecule has 0 aliphatic rings. The molecule has 206 valence electrons. The van der Waals surface area contributed by atoms with E-state index < -0.39 is 30.0 Å². The number of nitrogens with zero attached hydrogens (tertiary/aromatic N) is 4. The summed E-state index contributed by atoms with van der Waals surface area (Å²) in [6.07, 6.45) is 2.48. The van der Waals surface area contributed by atoms with Crippen molar-refractivity contribution < 1.29 is 36.2 Å². The Hall–Kier alpha value is -2.76. The number of aromatic hydroxyl groups is 2. The molecule has 2 radical (unpaired) electrons. The van der Waals surface area contributed by atoms with Crippen molar-refractivity contribution in [1.29, 1.82) is 0 Å². The predicted molar refractivity (Wildman–Crippen MR) is 158 cm³/mol. The first-order valence-corrected chi connectivity index (χ1v) is 14.1. The Labute approximate surface area is 285 Å². The van der Waals surface area contributed by atoms with Crippen LogP contribution in [0.4, 0.5) is 22.7 Å². The molecular weight excluding hydrogens is 606 g/mol. The van der Waals surface area contributed by atoms with Gasteiger partial charge in [-0.25, -0.2) is 0 Å². The van der Waals surface area contributed by atoms with Gasteiger partial charge in [0.05, 0.1) is 22.7 Å². The average Bonchev–Trinajstić information content (AvgIpc) is 2.90. The van der Waals surface area contributed by atoms with Crippen LogP contribution in [0.15, 0.2) is 115 Å². The molecule has 16 heteroatoms. The molecule has 0 aromatic heterocycles. The van der Waals surface area contributed by atoms with Crippen molar-refractivity contribution in [2.75, 3.05) is 0 Å². The van der Waals surface area contributed by atoms with Gasteiger partial charge in [0.25, 0.3) is 20.2 Å². The molecule has 4 aromatic carbocycles. The summed E-state index contributed by atoms with van der Waals surface area (Å²) < 4.78 is 67.7. The predicted octanol–water partition coefficient (Wildman–Crippen LogP) is 5.83. The van der Waals surface area contributed by atoms with Crippen LogP contribution in [0.3, 0.4) is 0 Å². The van der Waals surface area contributed by atoms with Gasteiger partial charge in [-0.15, -0.1) is 0 Å². The summed E-state index contributed by atoms with van der Waals surface area (Å²) in [6, 6.07) is 19.2. The molecule has 0 aliphatic carbocycles. The third-order valence-corrected chi connectivity index (χ3v) is 7.07. The quantitative estimate of drug-likeness (QED) is 0.0810.